The average molecular weight is 261 g/mol. The fourth-order valence-corrected chi connectivity index (χ4v) is 2.56. The van der Waals surface area contributed by atoms with Gasteiger partial charge in [0.25, 0.3) is 0 Å². The summed E-state index contributed by atoms with van der Waals surface area (Å²) in [5.74, 6) is 0. The van der Waals surface area contributed by atoms with Crippen molar-refractivity contribution in [1.29, 1.82) is 0 Å². The highest BCUT2D eigenvalue weighted by molar-refractivity contribution is 5.94. The molecule has 0 fully saturated rings. The summed E-state index contributed by atoms with van der Waals surface area (Å²) in [5, 5.41) is 2.46. The molecule has 1 heteroatoms. The van der Waals surface area contributed by atoms with E-state index in [1.807, 2.05) is 6.20 Å². The van der Waals surface area contributed by atoms with Crippen molar-refractivity contribution >= 4 is 10.8 Å². The third-order valence-corrected chi connectivity index (χ3v) is 3.72. The van der Waals surface area contributed by atoms with E-state index in [0.29, 0.717) is 0 Å². The van der Waals surface area contributed by atoms with Crippen LogP contribution in [0.15, 0.2) is 60.8 Å². The molecule has 0 aliphatic carbocycles. The minimum absolute atomic E-state index is 1.07. The first-order valence-electron chi connectivity index (χ1n) is 7.31. The van der Waals surface area contributed by atoms with Gasteiger partial charge in [0, 0.05) is 17.1 Å². The second kappa shape index (κ2) is 5.87. The van der Waals surface area contributed by atoms with Crippen molar-refractivity contribution in [3.8, 4) is 11.3 Å². The van der Waals surface area contributed by atoms with Gasteiger partial charge in [-0.3, -0.25) is 4.98 Å². The van der Waals surface area contributed by atoms with Crippen LogP contribution in [0.3, 0.4) is 0 Å². The molecule has 0 unspecified atom stereocenters. The summed E-state index contributed by atoms with van der Waals surface area (Å²) >= 11 is 0. The molecule has 0 aliphatic heterocycles. The minimum atomic E-state index is 1.07. The number of fused-ring (bicyclic) bond motifs is 1. The molecule has 2 aromatic carbocycles. The highest BCUT2D eigenvalue weighted by Gasteiger charge is 2.04. The lowest BCUT2D eigenvalue weighted by atomic mass is 10.0. The quantitative estimate of drug-likeness (QED) is 0.625. The molecule has 1 nitrogen and oxygen atoms in total. The molecule has 100 valence electrons. The SMILES string of the molecule is CCCCc1ccc(-c2nccc3ccccc23)cc1. The zero-order valence-corrected chi connectivity index (χ0v) is 11.8. The van der Waals surface area contributed by atoms with E-state index >= 15 is 0 Å². The monoisotopic (exact) mass is 261 g/mol. The molecule has 1 heterocycles. The number of rotatable bonds is 4. The summed E-state index contributed by atoms with van der Waals surface area (Å²) in [5.41, 5.74) is 3.68. The summed E-state index contributed by atoms with van der Waals surface area (Å²) in [6.45, 7) is 2.23. The van der Waals surface area contributed by atoms with E-state index < -0.39 is 0 Å². The molecule has 0 amide bonds. The van der Waals surface area contributed by atoms with Crippen LogP contribution in [0, 0.1) is 0 Å². The second-order valence-electron chi connectivity index (χ2n) is 5.18. The Morgan fingerprint density at radius 2 is 1.70 bits per heavy atom. The highest BCUT2D eigenvalue weighted by Crippen LogP contribution is 2.26. The van der Waals surface area contributed by atoms with Gasteiger partial charge >= 0.3 is 0 Å². The zero-order chi connectivity index (χ0) is 13.8. The fraction of sp³-hybridized carbons (Fsp3) is 0.211. The lowest BCUT2D eigenvalue weighted by Gasteiger charge is -2.07. The van der Waals surface area contributed by atoms with E-state index in [9.17, 15) is 0 Å². The van der Waals surface area contributed by atoms with Crippen LogP contribution in [0.1, 0.15) is 25.3 Å². The molecule has 0 radical (unpaired) electrons. The molecule has 0 saturated carbocycles. The standard InChI is InChI=1S/C19H19N/c1-2-3-6-15-9-11-17(12-10-15)19-18-8-5-4-7-16(18)13-14-20-19/h4-5,7-14H,2-3,6H2,1H3. The fourth-order valence-electron chi connectivity index (χ4n) is 2.56. The molecule has 1 aromatic heterocycles. The molecule has 0 spiro atoms. The van der Waals surface area contributed by atoms with Gasteiger partial charge in [-0.25, -0.2) is 0 Å². The number of aryl methyl sites for hydroxylation is 1. The van der Waals surface area contributed by atoms with Gasteiger partial charge in [0.05, 0.1) is 5.69 Å². The Hall–Kier alpha value is -2.15. The number of nitrogens with zero attached hydrogens (tertiary/aromatic N) is 1. The Balaban J connectivity index is 1.98. The van der Waals surface area contributed by atoms with Crippen LogP contribution in [0.4, 0.5) is 0 Å². The number of hydrogen-bond acceptors (Lipinski definition) is 1. The van der Waals surface area contributed by atoms with Crippen LogP contribution in [-0.4, -0.2) is 4.98 Å². The van der Waals surface area contributed by atoms with Crippen LogP contribution in [0.25, 0.3) is 22.0 Å². The van der Waals surface area contributed by atoms with Gasteiger partial charge in [-0.05, 0) is 29.9 Å². The lowest BCUT2D eigenvalue weighted by molar-refractivity contribution is 0.795. The Morgan fingerprint density at radius 1 is 0.900 bits per heavy atom. The molecule has 0 atom stereocenters. The first-order chi connectivity index (χ1) is 9.88. The lowest BCUT2D eigenvalue weighted by Crippen LogP contribution is -1.88. The summed E-state index contributed by atoms with van der Waals surface area (Å²) in [7, 11) is 0. The second-order valence-corrected chi connectivity index (χ2v) is 5.18. The van der Waals surface area contributed by atoms with Crippen molar-refractivity contribution in [2.45, 2.75) is 26.2 Å². The topological polar surface area (TPSA) is 12.9 Å². The number of pyridine rings is 1. The summed E-state index contributed by atoms with van der Waals surface area (Å²) in [4.78, 5) is 4.57. The van der Waals surface area contributed by atoms with E-state index in [0.717, 1.165) is 5.69 Å². The van der Waals surface area contributed by atoms with Crippen LogP contribution in [0.5, 0.6) is 0 Å². The molecule has 3 aromatic rings. The number of benzene rings is 2. The Bertz CT molecular complexity index is 693. The Labute approximate surface area is 120 Å². The van der Waals surface area contributed by atoms with Crippen molar-refractivity contribution in [2.24, 2.45) is 0 Å². The molecular formula is C19H19N. The first-order valence-corrected chi connectivity index (χ1v) is 7.31. The molecule has 0 N–H and O–H groups in total. The van der Waals surface area contributed by atoms with Crippen molar-refractivity contribution in [2.75, 3.05) is 0 Å². The van der Waals surface area contributed by atoms with E-state index in [2.05, 4.69) is 66.5 Å². The van der Waals surface area contributed by atoms with Crippen LogP contribution < -0.4 is 0 Å². The summed E-state index contributed by atoms with van der Waals surface area (Å²) < 4.78 is 0. The maximum atomic E-state index is 4.57. The highest BCUT2D eigenvalue weighted by atomic mass is 14.7. The summed E-state index contributed by atoms with van der Waals surface area (Å²) in [6, 6.07) is 19.3. The first kappa shape index (κ1) is 12.9. The number of hydrogen-bond donors (Lipinski definition) is 0. The van der Waals surface area contributed by atoms with Crippen molar-refractivity contribution < 1.29 is 0 Å². The van der Waals surface area contributed by atoms with Gasteiger partial charge < -0.3 is 0 Å². The Morgan fingerprint density at radius 3 is 2.50 bits per heavy atom. The molecule has 0 saturated heterocycles. The predicted octanol–water partition coefficient (Wildman–Crippen LogP) is 5.24. The van der Waals surface area contributed by atoms with Gasteiger partial charge in [-0.2, -0.15) is 0 Å². The van der Waals surface area contributed by atoms with Crippen molar-refractivity contribution in [3.05, 3.63) is 66.4 Å². The molecule has 0 bridgehead atoms. The van der Waals surface area contributed by atoms with Crippen LogP contribution in [-0.2, 0) is 6.42 Å². The van der Waals surface area contributed by atoms with Gasteiger partial charge in [-0.1, -0.05) is 61.9 Å². The molecule has 20 heavy (non-hydrogen) atoms. The largest absolute Gasteiger partial charge is 0.256 e. The van der Waals surface area contributed by atoms with Crippen LogP contribution in [0.2, 0.25) is 0 Å². The van der Waals surface area contributed by atoms with E-state index in [1.54, 1.807) is 0 Å². The molecule has 0 aliphatic rings. The van der Waals surface area contributed by atoms with Crippen LogP contribution >= 0.6 is 0 Å². The summed E-state index contributed by atoms with van der Waals surface area (Å²) in [6.07, 6.45) is 5.56. The third kappa shape index (κ3) is 2.57. The predicted molar refractivity (Wildman–Crippen MR) is 85.8 cm³/mol. The van der Waals surface area contributed by atoms with Gasteiger partial charge in [-0.15, -0.1) is 0 Å². The van der Waals surface area contributed by atoms with E-state index in [-0.39, 0.29) is 0 Å². The average Bonchev–Trinajstić information content (AvgIpc) is 2.53. The molecular weight excluding hydrogens is 242 g/mol. The third-order valence-electron chi connectivity index (χ3n) is 3.72. The number of unbranched alkanes of at least 4 members (excludes halogenated alkanes) is 1. The molecule has 3 rings (SSSR count). The van der Waals surface area contributed by atoms with E-state index in [1.165, 1.54) is 41.2 Å². The van der Waals surface area contributed by atoms with Crippen molar-refractivity contribution in [3.63, 3.8) is 0 Å². The van der Waals surface area contributed by atoms with Gasteiger partial charge in [0.1, 0.15) is 0 Å². The maximum Gasteiger partial charge on any atom is 0.0780 e. The smallest absolute Gasteiger partial charge is 0.0780 e. The zero-order valence-electron chi connectivity index (χ0n) is 11.8. The van der Waals surface area contributed by atoms with E-state index in [4.69, 9.17) is 0 Å². The normalized spacial score (nSPS) is 10.8. The minimum Gasteiger partial charge on any atom is -0.256 e. The van der Waals surface area contributed by atoms with Gasteiger partial charge in [0.2, 0.25) is 0 Å². The maximum absolute atomic E-state index is 4.57. The number of aromatic nitrogens is 1. The Kier molecular flexibility index (Phi) is 3.78. The van der Waals surface area contributed by atoms with Crippen molar-refractivity contribution in [1.82, 2.24) is 4.98 Å². The van der Waals surface area contributed by atoms with Gasteiger partial charge in [0.15, 0.2) is 0 Å².